The number of aryl methyl sites for hydroxylation is 1. The number of halogens is 1. The molecule has 0 aliphatic rings. The standard InChI is InChI=1S/C18H31N3S.HI/c1-15-10-6-7-11-16(15)18(2,3)14-21-17(19-4)20-12-8-9-13-22-5;/h6-7,10-11H,8-9,12-14H2,1-5H3,(H2,19,20,21);1H. The maximum absolute atomic E-state index is 4.31. The van der Waals surface area contributed by atoms with Gasteiger partial charge in [0.1, 0.15) is 0 Å². The Balaban J connectivity index is 0.00000484. The number of benzene rings is 1. The molecule has 0 unspecified atom stereocenters. The minimum atomic E-state index is 0. The number of hydrogen-bond donors (Lipinski definition) is 2. The Labute approximate surface area is 163 Å². The number of hydrogen-bond acceptors (Lipinski definition) is 2. The first kappa shape index (κ1) is 22.6. The second-order valence-electron chi connectivity index (χ2n) is 6.25. The van der Waals surface area contributed by atoms with Gasteiger partial charge in [-0.05, 0) is 42.9 Å². The largest absolute Gasteiger partial charge is 0.356 e. The molecule has 23 heavy (non-hydrogen) atoms. The molecule has 0 aromatic heterocycles. The van der Waals surface area contributed by atoms with Crippen molar-refractivity contribution in [2.45, 2.75) is 39.0 Å². The smallest absolute Gasteiger partial charge is 0.191 e. The fourth-order valence-electron chi connectivity index (χ4n) is 2.53. The molecule has 2 N–H and O–H groups in total. The predicted molar refractivity (Wildman–Crippen MR) is 117 cm³/mol. The SMILES string of the molecule is CN=C(NCCCCSC)NCC(C)(C)c1ccccc1C.I. The Morgan fingerprint density at radius 3 is 2.48 bits per heavy atom. The molecular formula is C18H32IN3S. The summed E-state index contributed by atoms with van der Waals surface area (Å²) in [4.78, 5) is 4.31. The molecular weight excluding hydrogens is 417 g/mol. The maximum atomic E-state index is 4.31. The lowest BCUT2D eigenvalue weighted by molar-refractivity contribution is 0.505. The van der Waals surface area contributed by atoms with Gasteiger partial charge in [-0.25, -0.2) is 0 Å². The highest BCUT2D eigenvalue weighted by Gasteiger charge is 2.22. The number of aliphatic imine (C=N–C) groups is 1. The summed E-state index contributed by atoms with van der Waals surface area (Å²) in [6.45, 7) is 8.56. The molecule has 0 spiro atoms. The molecule has 1 aromatic carbocycles. The molecule has 0 saturated carbocycles. The molecule has 1 aromatic rings. The van der Waals surface area contributed by atoms with Crippen molar-refractivity contribution in [3.63, 3.8) is 0 Å². The molecule has 0 saturated heterocycles. The van der Waals surface area contributed by atoms with Gasteiger partial charge < -0.3 is 10.6 Å². The molecule has 132 valence electrons. The van der Waals surface area contributed by atoms with Crippen LogP contribution in [0, 0.1) is 6.92 Å². The Kier molecular flexibility index (Phi) is 11.8. The Morgan fingerprint density at radius 2 is 1.87 bits per heavy atom. The fraction of sp³-hybridized carbons (Fsp3) is 0.611. The van der Waals surface area contributed by atoms with Gasteiger partial charge in [0.15, 0.2) is 5.96 Å². The van der Waals surface area contributed by atoms with E-state index in [1.807, 2.05) is 18.8 Å². The number of nitrogens with zero attached hydrogens (tertiary/aromatic N) is 1. The van der Waals surface area contributed by atoms with Crippen molar-refractivity contribution in [3.05, 3.63) is 35.4 Å². The number of rotatable bonds is 8. The van der Waals surface area contributed by atoms with Crippen molar-refractivity contribution in [2.24, 2.45) is 4.99 Å². The number of nitrogens with one attached hydrogen (secondary N) is 2. The van der Waals surface area contributed by atoms with Crippen LogP contribution < -0.4 is 10.6 Å². The van der Waals surface area contributed by atoms with Gasteiger partial charge >= 0.3 is 0 Å². The average Bonchev–Trinajstić information content (AvgIpc) is 2.50. The van der Waals surface area contributed by atoms with Crippen molar-refractivity contribution >= 4 is 41.7 Å². The summed E-state index contributed by atoms with van der Waals surface area (Å²) >= 11 is 1.91. The summed E-state index contributed by atoms with van der Waals surface area (Å²) in [5.41, 5.74) is 2.80. The van der Waals surface area contributed by atoms with Crippen LogP contribution >= 0.6 is 35.7 Å². The molecule has 0 aliphatic carbocycles. The molecule has 0 bridgehead atoms. The van der Waals surface area contributed by atoms with Crippen LogP contribution in [0.25, 0.3) is 0 Å². The summed E-state index contributed by atoms with van der Waals surface area (Å²) in [5, 5.41) is 6.86. The first-order valence-electron chi connectivity index (χ1n) is 8.01. The van der Waals surface area contributed by atoms with E-state index in [1.54, 1.807) is 0 Å². The Hall–Kier alpha value is -0.430. The van der Waals surface area contributed by atoms with Gasteiger partial charge in [-0.1, -0.05) is 38.1 Å². The lowest BCUT2D eigenvalue weighted by Gasteiger charge is -2.28. The van der Waals surface area contributed by atoms with Crippen LogP contribution in [0.2, 0.25) is 0 Å². The summed E-state index contributed by atoms with van der Waals surface area (Å²) in [6.07, 6.45) is 4.59. The van der Waals surface area contributed by atoms with E-state index in [4.69, 9.17) is 0 Å². The van der Waals surface area contributed by atoms with Gasteiger partial charge in [0, 0.05) is 25.6 Å². The van der Waals surface area contributed by atoms with E-state index in [0.29, 0.717) is 0 Å². The second kappa shape index (κ2) is 12.0. The fourth-order valence-corrected chi connectivity index (χ4v) is 3.02. The molecule has 1 rings (SSSR count). The zero-order valence-corrected chi connectivity index (χ0v) is 18.3. The summed E-state index contributed by atoms with van der Waals surface area (Å²) < 4.78 is 0. The summed E-state index contributed by atoms with van der Waals surface area (Å²) in [5.74, 6) is 2.12. The highest BCUT2D eigenvalue weighted by atomic mass is 127. The van der Waals surface area contributed by atoms with E-state index in [1.165, 1.54) is 29.7 Å². The predicted octanol–water partition coefficient (Wildman–Crippen LogP) is 4.20. The van der Waals surface area contributed by atoms with Gasteiger partial charge in [0.2, 0.25) is 0 Å². The summed E-state index contributed by atoms with van der Waals surface area (Å²) in [7, 11) is 1.83. The van der Waals surface area contributed by atoms with Crippen molar-refractivity contribution in [1.29, 1.82) is 0 Å². The topological polar surface area (TPSA) is 36.4 Å². The molecule has 0 heterocycles. The van der Waals surface area contributed by atoms with E-state index < -0.39 is 0 Å². The minimum Gasteiger partial charge on any atom is -0.356 e. The van der Waals surface area contributed by atoms with Gasteiger partial charge in [0.25, 0.3) is 0 Å². The van der Waals surface area contributed by atoms with Gasteiger partial charge in [-0.2, -0.15) is 11.8 Å². The van der Waals surface area contributed by atoms with Crippen LogP contribution in [0.4, 0.5) is 0 Å². The van der Waals surface area contributed by atoms with Gasteiger partial charge in [0.05, 0.1) is 0 Å². The van der Waals surface area contributed by atoms with Gasteiger partial charge in [-0.3, -0.25) is 4.99 Å². The molecule has 0 atom stereocenters. The normalized spacial score (nSPS) is 11.8. The number of guanidine groups is 1. The summed E-state index contributed by atoms with van der Waals surface area (Å²) in [6, 6.07) is 8.60. The monoisotopic (exact) mass is 449 g/mol. The van der Waals surface area contributed by atoms with Crippen LogP contribution in [-0.2, 0) is 5.41 Å². The maximum Gasteiger partial charge on any atom is 0.191 e. The third kappa shape index (κ3) is 8.29. The molecule has 0 radical (unpaired) electrons. The molecule has 3 nitrogen and oxygen atoms in total. The average molecular weight is 449 g/mol. The van der Waals surface area contributed by atoms with E-state index in [-0.39, 0.29) is 29.4 Å². The first-order chi connectivity index (χ1) is 10.5. The van der Waals surface area contributed by atoms with E-state index in [0.717, 1.165) is 19.0 Å². The zero-order chi connectivity index (χ0) is 16.4. The van der Waals surface area contributed by atoms with Crippen LogP contribution in [-0.4, -0.2) is 38.1 Å². The van der Waals surface area contributed by atoms with Gasteiger partial charge in [-0.15, -0.1) is 24.0 Å². The van der Waals surface area contributed by atoms with E-state index in [9.17, 15) is 0 Å². The number of unbranched alkanes of at least 4 members (excludes halogenated alkanes) is 1. The molecule has 0 fully saturated rings. The van der Waals surface area contributed by atoms with Crippen molar-refractivity contribution in [2.75, 3.05) is 32.1 Å². The van der Waals surface area contributed by atoms with Crippen molar-refractivity contribution in [3.8, 4) is 0 Å². The number of thioether (sulfide) groups is 1. The molecule has 5 heteroatoms. The third-order valence-electron chi connectivity index (χ3n) is 3.86. The van der Waals surface area contributed by atoms with Crippen LogP contribution in [0.1, 0.15) is 37.8 Å². The highest BCUT2D eigenvalue weighted by molar-refractivity contribution is 14.0. The minimum absolute atomic E-state index is 0. The highest BCUT2D eigenvalue weighted by Crippen LogP contribution is 2.25. The first-order valence-corrected chi connectivity index (χ1v) is 9.40. The van der Waals surface area contributed by atoms with Crippen LogP contribution in [0.5, 0.6) is 0 Å². The van der Waals surface area contributed by atoms with Crippen molar-refractivity contribution < 1.29 is 0 Å². The van der Waals surface area contributed by atoms with Crippen LogP contribution in [0.15, 0.2) is 29.3 Å². The Morgan fingerprint density at radius 1 is 1.17 bits per heavy atom. The Bertz CT molecular complexity index is 475. The third-order valence-corrected chi connectivity index (χ3v) is 4.56. The lowest BCUT2D eigenvalue weighted by Crippen LogP contribution is -2.43. The molecule has 0 aliphatic heterocycles. The lowest BCUT2D eigenvalue weighted by atomic mass is 9.82. The quantitative estimate of drug-likeness (QED) is 0.270. The second-order valence-corrected chi connectivity index (χ2v) is 7.24. The molecule has 0 amide bonds. The van der Waals surface area contributed by atoms with E-state index in [2.05, 4.69) is 66.9 Å². The van der Waals surface area contributed by atoms with Crippen molar-refractivity contribution in [1.82, 2.24) is 10.6 Å². The zero-order valence-electron chi connectivity index (χ0n) is 15.1. The van der Waals surface area contributed by atoms with E-state index >= 15 is 0 Å². The van der Waals surface area contributed by atoms with Crippen LogP contribution in [0.3, 0.4) is 0 Å².